The third kappa shape index (κ3) is 6.22. The van der Waals surface area contributed by atoms with Crippen molar-refractivity contribution in [3.8, 4) is 0 Å². The van der Waals surface area contributed by atoms with Crippen LogP contribution >= 0.6 is 0 Å². The van der Waals surface area contributed by atoms with Gasteiger partial charge < -0.3 is 15.3 Å². The quantitative estimate of drug-likeness (QED) is 0.668. The van der Waals surface area contributed by atoms with E-state index in [1.165, 1.54) is 18.7 Å². The molecule has 0 radical (unpaired) electrons. The fourth-order valence-corrected chi connectivity index (χ4v) is 1.49. The Bertz CT molecular complexity index is 304. The van der Waals surface area contributed by atoms with E-state index in [1.807, 2.05) is 6.92 Å². The predicted octanol–water partition coefficient (Wildman–Crippen LogP) is 0.614. The molecule has 0 bridgehead atoms. The van der Waals surface area contributed by atoms with E-state index in [9.17, 15) is 14.4 Å². The summed E-state index contributed by atoms with van der Waals surface area (Å²) in [7, 11) is 0. The summed E-state index contributed by atoms with van der Waals surface area (Å²) in [5, 5.41) is 11.5. The number of rotatable bonds is 8. The van der Waals surface area contributed by atoms with Crippen LogP contribution in [-0.2, 0) is 14.4 Å². The Hall–Kier alpha value is -1.59. The number of carboxylic acids is 1. The summed E-state index contributed by atoms with van der Waals surface area (Å²) in [6.07, 6.45) is 1.96. The van der Waals surface area contributed by atoms with E-state index in [-0.39, 0.29) is 24.9 Å². The van der Waals surface area contributed by atoms with Gasteiger partial charge in [0.15, 0.2) is 0 Å². The number of hydrogen-bond donors (Lipinski definition) is 2. The number of unbranched alkanes of at least 4 members (excludes halogenated alkanes) is 1. The molecule has 0 saturated heterocycles. The van der Waals surface area contributed by atoms with Gasteiger partial charge in [0.1, 0.15) is 6.04 Å². The number of aliphatic carboxylic acids is 1. The lowest BCUT2D eigenvalue weighted by Gasteiger charge is -2.26. The fourth-order valence-electron chi connectivity index (χ4n) is 1.49. The molecule has 0 aromatic heterocycles. The summed E-state index contributed by atoms with van der Waals surface area (Å²) < 4.78 is 0. The topological polar surface area (TPSA) is 86.7 Å². The maximum absolute atomic E-state index is 11.9. The molecule has 18 heavy (non-hydrogen) atoms. The van der Waals surface area contributed by atoms with Gasteiger partial charge in [-0.2, -0.15) is 0 Å². The average molecular weight is 258 g/mol. The minimum atomic E-state index is -1.04. The van der Waals surface area contributed by atoms with Crippen LogP contribution in [0.25, 0.3) is 0 Å². The van der Waals surface area contributed by atoms with Crippen LogP contribution in [0, 0.1) is 0 Å². The number of nitrogens with one attached hydrogen (secondary N) is 1. The van der Waals surface area contributed by atoms with Gasteiger partial charge in [0.05, 0.1) is 0 Å². The van der Waals surface area contributed by atoms with Crippen LogP contribution in [0.4, 0.5) is 0 Å². The summed E-state index contributed by atoms with van der Waals surface area (Å²) in [6, 6.07) is -0.872. The highest BCUT2D eigenvalue weighted by Gasteiger charge is 2.24. The maximum atomic E-state index is 11.9. The van der Waals surface area contributed by atoms with E-state index >= 15 is 0 Å². The van der Waals surface area contributed by atoms with Gasteiger partial charge in [-0.1, -0.05) is 13.3 Å². The first-order valence-corrected chi connectivity index (χ1v) is 6.16. The fraction of sp³-hybridized carbons (Fsp3) is 0.750. The van der Waals surface area contributed by atoms with Crippen LogP contribution in [0.1, 0.15) is 40.0 Å². The average Bonchev–Trinajstić information content (AvgIpc) is 2.30. The molecule has 0 aliphatic heterocycles. The second-order valence-corrected chi connectivity index (χ2v) is 4.19. The highest BCUT2D eigenvalue weighted by Crippen LogP contribution is 2.05. The third-order valence-electron chi connectivity index (χ3n) is 2.62. The number of carboxylic acid groups (broad SMARTS) is 1. The first-order valence-electron chi connectivity index (χ1n) is 6.16. The largest absolute Gasteiger partial charge is 0.480 e. The van der Waals surface area contributed by atoms with Gasteiger partial charge in [0, 0.05) is 26.4 Å². The number of nitrogens with zero attached hydrogens (tertiary/aromatic N) is 1. The van der Waals surface area contributed by atoms with E-state index in [1.54, 1.807) is 0 Å². The lowest BCUT2D eigenvalue weighted by Crippen LogP contribution is -2.46. The van der Waals surface area contributed by atoms with Gasteiger partial charge in [-0.25, -0.2) is 4.79 Å². The van der Waals surface area contributed by atoms with Crippen LogP contribution in [-0.4, -0.2) is 46.9 Å². The first kappa shape index (κ1) is 16.4. The molecule has 0 heterocycles. The zero-order chi connectivity index (χ0) is 14.1. The summed E-state index contributed by atoms with van der Waals surface area (Å²) >= 11 is 0. The first-order chi connectivity index (χ1) is 8.40. The normalized spacial score (nSPS) is 11.7. The van der Waals surface area contributed by atoms with Crippen molar-refractivity contribution in [2.45, 2.75) is 46.1 Å². The van der Waals surface area contributed by atoms with Crippen molar-refractivity contribution in [3.05, 3.63) is 0 Å². The lowest BCUT2D eigenvalue weighted by atomic mass is 10.2. The van der Waals surface area contributed by atoms with Gasteiger partial charge in [0.2, 0.25) is 11.8 Å². The Morgan fingerprint density at radius 3 is 2.39 bits per heavy atom. The number of carbonyl (C=O) groups is 3. The zero-order valence-electron chi connectivity index (χ0n) is 11.2. The van der Waals surface area contributed by atoms with Crippen molar-refractivity contribution in [2.75, 3.05) is 13.1 Å². The van der Waals surface area contributed by atoms with Gasteiger partial charge in [-0.05, 0) is 13.3 Å². The van der Waals surface area contributed by atoms with Crippen LogP contribution < -0.4 is 5.32 Å². The molecule has 0 aromatic rings. The second-order valence-electron chi connectivity index (χ2n) is 4.19. The van der Waals surface area contributed by atoms with Gasteiger partial charge >= 0.3 is 5.97 Å². The Morgan fingerprint density at radius 1 is 1.33 bits per heavy atom. The SMILES string of the molecule is CCCCC(=O)N(CCNC(C)=O)C(C)C(=O)O. The minimum absolute atomic E-state index is 0.183. The van der Waals surface area contributed by atoms with Crippen molar-refractivity contribution in [2.24, 2.45) is 0 Å². The lowest BCUT2D eigenvalue weighted by molar-refractivity contribution is -0.149. The van der Waals surface area contributed by atoms with Gasteiger partial charge in [-0.15, -0.1) is 0 Å². The summed E-state index contributed by atoms with van der Waals surface area (Å²) in [5.74, 6) is -1.42. The number of amides is 2. The predicted molar refractivity (Wildman–Crippen MR) is 67.0 cm³/mol. The van der Waals surface area contributed by atoms with Crippen LogP contribution in [0.3, 0.4) is 0 Å². The molecule has 0 rings (SSSR count). The van der Waals surface area contributed by atoms with Crippen molar-refractivity contribution >= 4 is 17.8 Å². The number of carbonyl (C=O) groups excluding carboxylic acids is 2. The van der Waals surface area contributed by atoms with Crippen molar-refractivity contribution in [1.29, 1.82) is 0 Å². The molecule has 2 N–H and O–H groups in total. The highest BCUT2D eigenvalue weighted by molar-refractivity contribution is 5.83. The molecule has 0 spiro atoms. The van der Waals surface area contributed by atoms with Gasteiger partial charge in [0.25, 0.3) is 0 Å². The van der Waals surface area contributed by atoms with E-state index in [2.05, 4.69) is 5.32 Å². The molecule has 0 aliphatic rings. The Kier molecular flexibility index (Phi) is 7.74. The molecule has 2 amide bonds. The number of hydrogen-bond acceptors (Lipinski definition) is 3. The molecule has 6 heteroatoms. The van der Waals surface area contributed by atoms with Crippen LogP contribution in [0.15, 0.2) is 0 Å². The van der Waals surface area contributed by atoms with E-state index in [4.69, 9.17) is 5.11 Å². The standard InChI is InChI=1S/C12H22N2O4/c1-4-5-6-11(16)14(9(2)12(17)18)8-7-13-10(3)15/h9H,4-8H2,1-3H3,(H,13,15)(H,17,18). The molecule has 0 aliphatic carbocycles. The second kappa shape index (κ2) is 8.49. The summed E-state index contributed by atoms with van der Waals surface area (Å²) in [5.41, 5.74) is 0. The highest BCUT2D eigenvalue weighted by atomic mass is 16.4. The van der Waals surface area contributed by atoms with E-state index in [0.717, 1.165) is 12.8 Å². The Balaban J connectivity index is 4.46. The molecule has 1 unspecified atom stereocenters. The van der Waals surface area contributed by atoms with E-state index < -0.39 is 12.0 Å². The molecule has 6 nitrogen and oxygen atoms in total. The van der Waals surface area contributed by atoms with Crippen molar-refractivity contribution in [1.82, 2.24) is 10.2 Å². The summed E-state index contributed by atoms with van der Waals surface area (Å²) in [4.78, 5) is 34.8. The molecular formula is C12H22N2O4. The van der Waals surface area contributed by atoms with Gasteiger partial charge in [-0.3, -0.25) is 9.59 Å². The van der Waals surface area contributed by atoms with Crippen LogP contribution in [0.2, 0.25) is 0 Å². The van der Waals surface area contributed by atoms with Crippen LogP contribution in [0.5, 0.6) is 0 Å². The molecule has 104 valence electrons. The minimum Gasteiger partial charge on any atom is -0.480 e. The zero-order valence-corrected chi connectivity index (χ0v) is 11.2. The molecule has 0 fully saturated rings. The smallest absolute Gasteiger partial charge is 0.326 e. The maximum Gasteiger partial charge on any atom is 0.326 e. The molecule has 1 atom stereocenters. The Labute approximate surface area is 107 Å². The third-order valence-corrected chi connectivity index (χ3v) is 2.62. The monoisotopic (exact) mass is 258 g/mol. The molecule has 0 saturated carbocycles. The van der Waals surface area contributed by atoms with Crippen molar-refractivity contribution < 1.29 is 19.5 Å². The van der Waals surface area contributed by atoms with E-state index in [0.29, 0.717) is 6.42 Å². The van der Waals surface area contributed by atoms with Crippen molar-refractivity contribution in [3.63, 3.8) is 0 Å². The Morgan fingerprint density at radius 2 is 1.94 bits per heavy atom. The molecular weight excluding hydrogens is 236 g/mol. The summed E-state index contributed by atoms with van der Waals surface area (Å²) in [6.45, 7) is 5.31. The molecule has 0 aromatic carbocycles.